The average Bonchev–Trinajstić information content (AvgIpc) is 3.23. The highest BCUT2D eigenvalue weighted by Gasteiger charge is 2.28. The summed E-state index contributed by atoms with van der Waals surface area (Å²) in [5.41, 5.74) is 2.95. The van der Waals surface area contributed by atoms with E-state index in [2.05, 4.69) is 48.3 Å². The van der Waals surface area contributed by atoms with Crippen molar-refractivity contribution in [3.8, 4) is 0 Å². The standard InChI is InChI=1S/C17H26N2/c1-13(2)16-7-3-4-8-17(16)19-11-5-6-15(12-19)18-14-9-10-14/h3-4,7-8,13-15,18H,5-6,9-12H2,1-2H3. The van der Waals surface area contributed by atoms with E-state index >= 15 is 0 Å². The van der Waals surface area contributed by atoms with Crippen LogP contribution >= 0.6 is 0 Å². The van der Waals surface area contributed by atoms with Gasteiger partial charge in [0.15, 0.2) is 0 Å². The summed E-state index contributed by atoms with van der Waals surface area (Å²) >= 11 is 0. The molecule has 0 spiro atoms. The van der Waals surface area contributed by atoms with Crippen molar-refractivity contribution in [1.29, 1.82) is 0 Å². The molecular weight excluding hydrogens is 232 g/mol. The third-order valence-corrected chi connectivity index (χ3v) is 4.37. The molecule has 2 fully saturated rings. The molecule has 1 aromatic rings. The zero-order chi connectivity index (χ0) is 13.2. The van der Waals surface area contributed by atoms with E-state index in [0.717, 1.165) is 6.04 Å². The first-order valence-electron chi connectivity index (χ1n) is 7.84. The van der Waals surface area contributed by atoms with Gasteiger partial charge in [0.05, 0.1) is 0 Å². The largest absolute Gasteiger partial charge is 0.370 e. The van der Waals surface area contributed by atoms with E-state index in [1.54, 1.807) is 0 Å². The van der Waals surface area contributed by atoms with E-state index in [1.165, 1.54) is 50.0 Å². The lowest BCUT2D eigenvalue weighted by molar-refractivity contribution is 0.420. The topological polar surface area (TPSA) is 15.3 Å². The number of hydrogen-bond donors (Lipinski definition) is 1. The monoisotopic (exact) mass is 258 g/mol. The van der Waals surface area contributed by atoms with E-state index in [4.69, 9.17) is 0 Å². The molecule has 1 atom stereocenters. The van der Waals surface area contributed by atoms with Gasteiger partial charge in [-0.3, -0.25) is 0 Å². The molecule has 2 heteroatoms. The Hall–Kier alpha value is -1.02. The normalized spacial score (nSPS) is 23.9. The van der Waals surface area contributed by atoms with Gasteiger partial charge in [0.25, 0.3) is 0 Å². The maximum atomic E-state index is 3.80. The van der Waals surface area contributed by atoms with Crippen LogP contribution in [0.2, 0.25) is 0 Å². The lowest BCUT2D eigenvalue weighted by atomic mass is 9.98. The Bertz CT molecular complexity index is 423. The molecule has 19 heavy (non-hydrogen) atoms. The van der Waals surface area contributed by atoms with Gasteiger partial charge in [-0.2, -0.15) is 0 Å². The number of nitrogens with zero attached hydrogens (tertiary/aromatic N) is 1. The summed E-state index contributed by atoms with van der Waals surface area (Å²) < 4.78 is 0. The Labute approximate surface area is 117 Å². The molecule has 1 heterocycles. The van der Waals surface area contributed by atoms with E-state index in [9.17, 15) is 0 Å². The summed E-state index contributed by atoms with van der Waals surface area (Å²) in [6.07, 6.45) is 5.44. The van der Waals surface area contributed by atoms with Crippen molar-refractivity contribution < 1.29 is 0 Å². The van der Waals surface area contributed by atoms with Crippen LogP contribution in [0.1, 0.15) is 51.0 Å². The van der Waals surface area contributed by atoms with Crippen molar-refractivity contribution in [1.82, 2.24) is 5.32 Å². The van der Waals surface area contributed by atoms with Crippen LogP contribution in [-0.4, -0.2) is 25.2 Å². The number of hydrogen-bond acceptors (Lipinski definition) is 2. The summed E-state index contributed by atoms with van der Waals surface area (Å²) in [6, 6.07) is 10.5. The number of rotatable bonds is 4. The second-order valence-corrected chi connectivity index (χ2v) is 6.44. The third-order valence-electron chi connectivity index (χ3n) is 4.37. The Morgan fingerprint density at radius 3 is 2.63 bits per heavy atom. The van der Waals surface area contributed by atoms with Gasteiger partial charge in [-0.25, -0.2) is 0 Å². The molecule has 2 nitrogen and oxygen atoms in total. The summed E-state index contributed by atoms with van der Waals surface area (Å²) in [6.45, 7) is 6.98. The second kappa shape index (κ2) is 5.54. The highest BCUT2D eigenvalue weighted by Crippen LogP contribution is 2.30. The molecule has 104 valence electrons. The van der Waals surface area contributed by atoms with Crippen LogP contribution in [-0.2, 0) is 0 Å². The highest BCUT2D eigenvalue weighted by atomic mass is 15.2. The number of nitrogens with one attached hydrogen (secondary N) is 1. The molecule has 1 saturated carbocycles. The van der Waals surface area contributed by atoms with Crippen molar-refractivity contribution in [2.75, 3.05) is 18.0 Å². The van der Waals surface area contributed by atoms with E-state index < -0.39 is 0 Å². The van der Waals surface area contributed by atoms with E-state index in [0.29, 0.717) is 12.0 Å². The number of piperidine rings is 1. The molecule has 0 amide bonds. The van der Waals surface area contributed by atoms with Crippen molar-refractivity contribution >= 4 is 5.69 Å². The van der Waals surface area contributed by atoms with Gasteiger partial charge < -0.3 is 10.2 Å². The smallest absolute Gasteiger partial charge is 0.0401 e. The van der Waals surface area contributed by atoms with Crippen LogP contribution in [0, 0.1) is 0 Å². The van der Waals surface area contributed by atoms with Gasteiger partial charge in [0.2, 0.25) is 0 Å². The fraction of sp³-hybridized carbons (Fsp3) is 0.647. The SMILES string of the molecule is CC(C)c1ccccc1N1CCCC(NC2CC2)C1. The van der Waals surface area contributed by atoms with Crippen molar-refractivity contribution in [3.63, 3.8) is 0 Å². The molecule has 2 aliphatic rings. The van der Waals surface area contributed by atoms with Crippen molar-refractivity contribution in [2.45, 2.75) is 57.5 Å². The summed E-state index contributed by atoms with van der Waals surface area (Å²) in [5, 5.41) is 3.80. The first-order chi connectivity index (χ1) is 9.24. The fourth-order valence-corrected chi connectivity index (χ4v) is 3.18. The lowest BCUT2D eigenvalue weighted by Crippen LogP contribution is -2.46. The molecule has 1 aliphatic carbocycles. The quantitative estimate of drug-likeness (QED) is 0.889. The van der Waals surface area contributed by atoms with Crippen LogP contribution in [0.4, 0.5) is 5.69 Å². The second-order valence-electron chi connectivity index (χ2n) is 6.44. The Morgan fingerprint density at radius 2 is 1.89 bits per heavy atom. The molecule has 0 radical (unpaired) electrons. The minimum Gasteiger partial charge on any atom is -0.370 e. The van der Waals surface area contributed by atoms with Crippen LogP contribution < -0.4 is 10.2 Å². The van der Waals surface area contributed by atoms with Gasteiger partial charge in [-0.1, -0.05) is 32.0 Å². The lowest BCUT2D eigenvalue weighted by Gasteiger charge is -2.36. The molecule has 1 aromatic carbocycles. The van der Waals surface area contributed by atoms with Crippen LogP contribution in [0.15, 0.2) is 24.3 Å². The predicted octanol–water partition coefficient (Wildman–Crippen LogP) is 3.53. The highest BCUT2D eigenvalue weighted by molar-refractivity contribution is 5.55. The van der Waals surface area contributed by atoms with Gasteiger partial charge in [-0.05, 0) is 43.2 Å². The third kappa shape index (κ3) is 3.11. The summed E-state index contributed by atoms with van der Waals surface area (Å²) in [4.78, 5) is 2.60. The average molecular weight is 258 g/mol. The van der Waals surface area contributed by atoms with Crippen LogP contribution in [0.3, 0.4) is 0 Å². The molecular formula is C17H26N2. The zero-order valence-corrected chi connectivity index (χ0v) is 12.2. The Morgan fingerprint density at radius 1 is 1.11 bits per heavy atom. The van der Waals surface area contributed by atoms with Gasteiger partial charge >= 0.3 is 0 Å². The van der Waals surface area contributed by atoms with Crippen molar-refractivity contribution in [2.24, 2.45) is 0 Å². The minimum atomic E-state index is 0.605. The predicted molar refractivity (Wildman–Crippen MR) is 81.9 cm³/mol. The molecule has 1 aliphatic heterocycles. The van der Waals surface area contributed by atoms with Gasteiger partial charge in [0.1, 0.15) is 0 Å². The van der Waals surface area contributed by atoms with Gasteiger partial charge in [0, 0.05) is 30.9 Å². The maximum absolute atomic E-state index is 3.80. The summed E-state index contributed by atoms with van der Waals surface area (Å²) in [5.74, 6) is 0.605. The summed E-state index contributed by atoms with van der Waals surface area (Å²) in [7, 11) is 0. The first-order valence-corrected chi connectivity index (χ1v) is 7.84. The molecule has 3 rings (SSSR count). The number of benzene rings is 1. The van der Waals surface area contributed by atoms with E-state index in [1.807, 2.05) is 0 Å². The molecule has 1 N–H and O–H groups in total. The molecule has 1 unspecified atom stereocenters. The van der Waals surface area contributed by atoms with Crippen molar-refractivity contribution in [3.05, 3.63) is 29.8 Å². The first kappa shape index (κ1) is 13.0. The minimum absolute atomic E-state index is 0.605. The maximum Gasteiger partial charge on any atom is 0.0401 e. The van der Waals surface area contributed by atoms with E-state index in [-0.39, 0.29) is 0 Å². The zero-order valence-electron chi connectivity index (χ0n) is 12.2. The Kier molecular flexibility index (Phi) is 3.79. The fourth-order valence-electron chi connectivity index (χ4n) is 3.18. The van der Waals surface area contributed by atoms with Gasteiger partial charge in [-0.15, -0.1) is 0 Å². The number of para-hydroxylation sites is 1. The molecule has 0 aromatic heterocycles. The van der Waals surface area contributed by atoms with Crippen LogP contribution in [0.25, 0.3) is 0 Å². The van der Waals surface area contributed by atoms with Crippen LogP contribution in [0.5, 0.6) is 0 Å². The number of anilines is 1. The molecule has 0 bridgehead atoms. The Balaban J connectivity index is 1.73. The molecule has 1 saturated heterocycles.